The molecule has 1 aliphatic carbocycles. The molecule has 3 N–H and O–H groups in total. The fourth-order valence-corrected chi connectivity index (χ4v) is 4.35. The van der Waals surface area contributed by atoms with Crippen LogP contribution in [-0.2, 0) is 14.3 Å². The van der Waals surface area contributed by atoms with E-state index in [0.717, 1.165) is 32.1 Å². The Balaban J connectivity index is 0.00000300. The number of anilines is 1. The molecule has 1 heterocycles. The van der Waals surface area contributed by atoms with Crippen molar-refractivity contribution in [2.24, 2.45) is 17.6 Å². The maximum absolute atomic E-state index is 13.0. The summed E-state index contributed by atoms with van der Waals surface area (Å²) in [5, 5.41) is 2.93. The van der Waals surface area contributed by atoms with Crippen molar-refractivity contribution in [1.82, 2.24) is 4.90 Å². The van der Waals surface area contributed by atoms with Crippen LogP contribution in [0.5, 0.6) is 0 Å². The number of nitrogens with one attached hydrogen (secondary N) is 1. The van der Waals surface area contributed by atoms with Gasteiger partial charge in [-0.05, 0) is 62.8 Å². The number of carbonyl (C=O) groups excluding carboxylic acids is 3. The Morgan fingerprint density at radius 1 is 1.17 bits per heavy atom. The molecule has 0 spiro atoms. The highest BCUT2D eigenvalue weighted by atomic mass is 35.5. The lowest BCUT2D eigenvalue weighted by molar-refractivity contribution is -0.147. The number of likely N-dealkylation sites (tertiary alicyclic amines) is 1. The summed E-state index contributed by atoms with van der Waals surface area (Å²) in [5.74, 6) is -0.490. The molecule has 0 aromatic heterocycles. The molecule has 0 bridgehead atoms. The van der Waals surface area contributed by atoms with Crippen molar-refractivity contribution < 1.29 is 19.1 Å². The highest BCUT2D eigenvalue weighted by Crippen LogP contribution is 2.32. The van der Waals surface area contributed by atoms with Gasteiger partial charge in [0.15, 0.2) is 0 Å². The van der Waals surface area contributed by atoms with Crippen molar-refractivity contribution >= 4 is 35.9 Å². The van der Waals surface area contributed by atoms with E-state index in [1.54, 1.807) is 29.2 Å². The molecule has 7 nitrogen and oxygen atoms in total. The second kappa shape index (κ2) is 10.6. The molecule has 1 aromatic carbocycles. The maximum Gasteiger partial charge on any atom is 0.328 e. The van der Waals surface area contributed by atoms with E-state index < -0.39 is 6.04 Å². The minimum atomic E-state index is -0.548. The second-order valence-electron chi connectivity index (χ2n) is 7.64. The van der Waals surface area contributed by atoms with Gasteiger partial charge in [0.1, 0.15) is 6.04 Å². The fraction of sp³-hybridized carbons (Fsp3) is 0.571. The van der Waals surface area contributed by atoms with E-state index >= 15 is 0 Å². The first-order valence-corrected chi connectivity index (χ1v) is 10.0. The number of hydrogen-bond acceptors (Lipinski definition) is 5. The van der Waals surface area contributed by atoms with Crippen molar-refractivity contribution in [2.75, 3.05) is 25.5 Å². The normalized spacial score (nSPS) is 23.8. The van der Waals surface area contributed by atoms with E-state index in [9.17, 15) is 14.4 Å². The van der Waals surface area contributed by atoms with Gasteiger partial charge < -0.3 is 20.7 Å². The molecular formula is C21H30ClN3O4. The van der Waals surface area contributed by atoms with Gasteiger partial charge in [0.25, 0.3) is 5.91 Å². The van der Waals surface area contributed by atoms with Crippen LogP contribution in [0.2, 0.25) is 0 Å². The van der Waals surface area contributed by atoms with Crippen molar-refractivity contribution in [3.05, 3.63) is 29.8 Å². The number of rotatable bonds is 5. The minimum Gasteiger partial charge on any atom is -0.467 e. The molecule has 29 heavy (non-hydrogen) atoms. The quantitative estimate of drug-likeness (QED) is 0.708. The molecule has 8 heteroatoms. The van der Waals surface area contributed by atoms with Crippen molar-refractivity contribution in [3.63, 3.8) is 0 Å². The maximum atomic E-state index is 13.0. The van der Waals surface area contributed by atoms with E-state index in [4.69, 9.17) is 10.5 Å². The summed E-state index contributed by atoms with van der Waals surface area (Å²) in [6, 6.07) is 6.35. The number of methoxy groups -OCH3 is 1. The number of amides is 2. The highest BCUT2D eigenvalue weighted by Gasteiger charge is 2.34. The average Bonchev–Trinajstić information content (AvgIpc) is 3.22. The number of ether oxygens (including phenoxy) is 1. The van der Waals surface area contributed by atoms with Crippen LogP contribution in [0, 0.1) is 11.8 Å². The van der Waals surface area contributed by atoms with E-state index in [1.165, 1.54) is 7.11 Å². The summed E-state index contributed by atoms with van der Waals surface area (Å²) in [6.07, 6.45) is 5.21. The standard InChI is InChI=1S/C21H29N3O4.ClH/c1-28-21(27)18-10-2-3-11-24(18)20(26)14-6-4-8-16(12-14)23-19(25)17-9-5-7-15(17)13-22;/h4,6,8,12,15,17-18H,2-3,5,7,9-11,13,22H2,1H3,(H,23,25);1H/t15-,17-,18?;/m1./s1. The molecular weight excluding hydrogens is 394 g/mol. The third-order valence-electron chi connectivity index (χ3n) is 5.91. The van der Waals surface area contributed by atoms with E-state index in [2.05, 4.69) is 5.32 Å². The predicted octanol–water partition coefficient (Wildman–Crippen LogP) is 2.59. The van der Waals surface area contributed by atoms with Gasteiger partial charge in [-0.1, -0.05) is 12.5 Å². The Labute approximate surface area is 177 Å². The van der Waals surface area contributed by atoms with Crippen LogP contribution in [0.3, 0.4) is 0 Å². The van der Waals surface area contributed by atoms with Gasteiger partial charge in [0.05, 0.1) is 7.11 Å². The van der Waals surface area contributed by atoms with Crippen molar-refractivity contribution in [2.45, 2.75) is 44.6 Å². The van der Waals surface area contributed by atoms with Crippen LogP contribution in [0.4, 0.5) is 5.69 Å². The largest absolute Gasteiger partial charge is 0.467 e. The zero-order valence-corrected chi connectivity index (χ0v) is 17.6. The van der Waals surface area contributed by atoms with E-state index in [-0.39, 0.29) is 42.0 Å². The SMILES string of the molecule is COC(=O)C1CCCCN1C(=O)c1cccc(NC(=O)[C@@H]2CCC[C@@H]2CN)c1.Cl. The Kier molecular flexibility index (Phi) is 8.46. The molecule has 1 aromatic rings. The Morgan fingerprint density at radius 2 is 1.97 bits per heavy atom. The number of esters is 1. The number of nitrogens with two attached hydrogens (primary N) is 1. The third kappa shape index (κ3) is 5.28. The van der Waals surface area contributed by atoms with Crippen LogP contribution in [0.15, 0.2) is 24.3 Å². The van der Waals surface area contributed by atoms with Crippen LogP contribution in [0.25, 0.3) is 0 Å². The topological polar surface area (TPSA) is 102 Å². The molecule has 160 valence electrons. The van der Waals surface area contributed by atoms with Crippen molar-refractivity contribution in [3.8, 4) is 0 Å². The smallest absolute Gasteiger partial charge is 0.328 e. The third-order valence-corrected chi connectivity index (χ3v) is 5.91. The summed E-state index contributed by atoms with van der Waals surface area (Å²) in [4.78, 5) is 39.3. The summed E-state index contributed by atoms with van der Waals surface area (Å²) in [7, 11) is 1.34. The van der Waals surface area contributed by atoms with Gasteiger partial charge >= 0.3 is 5.97 Å². The zero-order valence-electron chi connectivity index (χ0n) is 16.8. The van der Waals surface area contributed by atoms with Gasteiger partial charge in [-0.15, -0.1) is 12.4 Å². The fourth-order valence-electron chi connectivity index (χ4n) is 4.35. The molecule has 0 radical (unpaired) electrons. The highest BCUT2D eigenvalue weighted by molar-refractivity contribution is 5.99. The first-order chi connectivity index (χ1) is 13.5. The molecule has 3 atom stereocenters. The van der Waals surface area contributed by atoms with E-state index in [1.807, 2.05) is 0 Å². The second-order valence-corrected chi connectivity index (χ2v) is 7.64. The monoisotopic (exact) mass is 423 g/mol. The zero-order chi connectivity index (χ0) is 20.1. The number of hydrogen-bond donors (Lipinski definition) is 2. The molecule has 1 saturated heterocycles. The van der Waals surface area contributed by atoms with Crippen molar-refractivity contribution in [1.29, 1.82) is 0 Å². The lowest BCUT2D eigenvalue weighted by atomic mass is 9.95. The Bertz CT molecular complexity index is 742. The van der Waals surface area contributed by atoms with Crippen LogP contribution in [0.1, 0.15) is 48.9 Å². The summed E-state index contributed by atoms with van der Waals surface area (Å²) < 4.78 is 4.86. The average molecular weight is 424 g/mol. The molecule has 2 fully saturated rings. The van der Waals surface area contributed by atoms with E-state index in [0.29, 0.717) is 30.8 Å². The lowest BCUT2D eigenvalue weighted by Gasteiger charge is -2.33. The summed E-state index contributed by atoms with van der Waals surface area (Å²) >= 11 is 0. The van der Waals surface area contributed by atoms with Crippen LogP contribution >= 0.6 is 12.4 Å². The molecule has 3 rings (SSSR count). The Morgan fingerprint density at radius 3 is 2.69 bits per heavy atom. The first-order valence-electron chi connectivity index (χ1n) is 10.0. The van der Waals surface area contributed by atoms with Gasteiger partial charge in [0, 0.05) is 23.7 Å². The number of benzene rings is 1. The molecule has 2 aliphatic rings. The molecule has 1 saturated carbocycles. The number of halogens is 1. The molecule has 1 unspecified atom stereocenters. The molecule has 1 aliphatic heterocycles. The summed E-state index contributed by atoms with van der Waals surface area (Å²) in [5.41, 5.74) is 6.82. The van der Waals surface area contributed by atoms with Gasteiger partial charge in [-0.2, -0.15) is 0 Å². The van der Waals surface area contributed by atoms with Gasteiger partial charge in [-0.3, -0.25) is 9.59 Å². The number of piperidine rings is 1. The predicted molar refractivity (Wildman–Crippen MR) is 113 cm³/mol. The lowest BCUT2D eigenvalue weighted by Crippen LogP contribution is -2.48. The summed E-state index contributed by atoms with van der Waals surface area (Å²) in [6.45, 7) is 1.04. The van der Waals surface area contributed by atoms with Gasteiger partial charge in [0.2, 0.25) is 5.91 Å². The number of carbonyl (C=O) groups is 3. The first kappa shape index (κ1) is 23.2. The van der Waals surface area contributed by atoms with Gasteiger partial charge in [-0.25, -0.2) is 4.79 Å². The Hall–Kier alpha value is -2.12. The minimum absolute atomic E-state index is 0. The molecule has 2 amide bonds. The van der Waals surface area contributed by atoms with Crippen LogP contribution in [-0.4, -0.2) is 48.9 Å². The van der Waals surface area contributed by atoms with Crippen LogP contribution < -0.4 is 11.1 Å². The number of nitrogens with zero attached hydrogens (tertiary/aromatic N) is 1.